The van der Waals surface area contributed by atoms with Gasteiger partial charge in [0.15, 0.2) is 0 Å². The molecule has 0 bridgehead atoms. The maximum absolute atomic E-state index is 10.4. The summed E-state index contributed by atoms with van der Waals surface area (Å²) in [5.74, 6) is -3.44. The van der Waals surface area contributed by atoms with E-state index in [0.29, 0.717) is 0 Å². The third kappa shape index (κ3) is 0.982. The van der Waals surface area contributed by atoms with E-state index in [4.69, 9.17) is 10.2 Å². The normalized spacial score (nSPS) is 32.9. The first-order valence-corrected chi connectivity index (χ1v) is 3.34. The van der Waals surface area contributed by atoms with Crippen LogP contribution in [-0.2, 0) is 9.59 Å². The van der Waals surface area contributed by atoms with Crippen molar-refractivity contribution in [2.45, 2.75) is 13.8 Å². The van der Waals surface area contributed by atoms with Gasteiger partial charge in [0.2, 0.25) is 0 Å². The van der Waals surface area contributed by atoms with Crippen molar-refractivity contribution in [1.82, 2.24) is 0 Å². The molecule has 2 N–H and O–H groups in total. The van der Waals surface area contributed by atoms with E-state index in [1.165, 1.54) is 0 Å². The van der Waals surface area contributed by atoms with Gasteiger partial charge in [-0.3, -0.25) is 9.59 Å². The zero-order valence-corrected chi connectivity index (χ0v) is 6.37. The molecule has 0 spiro atoms. The quantitative estimate of drug-likeness (QED) is 0.611. The van der Waals surface area contributed by atoms with Crippen molar-refractivity contribution in [2.24, 2.45) is 17.3 Å². The lowest BCUT2D eigenvalue weighted by atomic mass is 10.1. The van der Waals surface area contributed by atoms with Crippen LogP contribution in [0.3, 0.4) is 0 Å². The number of carboxylic acids is 2. The standard InChI is InChI=1S/C7H10O4/c1-7(2)3(5(8)9)4(7)6(10)11/h3-4H,1-2H3,(H,8,9)(H,10,11)/t3-,4+. The van der Waals surface area contributed by atoms with Crippen LogP contribution in [0.15, 0.2) is 0 Å². The lowest BCUT2D eigenvalue weighted by molar-refractivity contribution is -0.144. The van der Waals surface area contributed by atoms with Crippen molar-refractivity contribution in [3.8, 4) is 0 Å². The summed E-state index contributed by atoms with van der Waals surface area (Å²) in [6.07, 6.45) is 0. The second-order valence-corrected chi connectivity index (χ2v) is 3.45. The second-order valence-electron chi connectivity index (χ2n) is 3.45. The summed E-state index contributed by atoms with van der Waals surface area (Å²) < 4.78 is 0. The highest BCUT2D eigenvalue weighted by atomic mass is 16.4. The zero-order chi connectivity index (χ0) is 8.81. The van der Waals surface area contributed by atoms with E-state index in [2.05, 4.69) is 0 Å². The molecule has 11 heavy (non-hydrogen) atoms. The predicted molar refractivity (Wildman–Crippen MR) is 36.0 cm³/mol. The van der Waals surface area contributed by atoms with Crippen molar-refractivity contribution in [2.75, 3.05) is 0 Å². The van der Waals surface area contributed by atoms with Crippen LogP contribution in [-0.4, -0.2) is 22.2 Å². The smallest absolute Gasteiger partial charge is 0.307 e. The second kappa shape index (κ2) is 1.96. The zero-order valence-electron chi connectivity index (χ0n) is 6.37. The summed E-state index contributed by atoms with van der Waals surface area (Å²) >= 11 is 0. The molecule has 4 heteroatoms. The molecule has 0 aromatic rings. The van der Waals surface area contributed by atoms with E-state index in [1.54, 1.807) is 13.8 Å². The minimum atomic E-state index is -1.01. The van der Waals surface area contributed by atoms with Gasteiger partial charge in [-0.2, -0.15) is 0 Å². The molecule has 2 atom stereocenters. The Hall–Kier alpha value is -1.06. The number of aliphatic carboxylic acids is 2. The Kier molecular flexibility index (Phi) is 1.44. The molecule has 0 saturated heterocycles. The molecule has 0 aliphatic heterocycles. The Balaban J connectivity index is 2.76. The van der Waals surface area contributed by atoms with Crippen LogP contribution in [0.1, 0.15) is 13.8 Å². The topological polar surface area (TPSA) is 74.6 Å². The molecule has 0 amide bonds. The molecule has 1 fully saturated rings. The van der Waals surface area contributed by atoms with Crippen LogP contribution < -0.4 is 0 Å². The Morgan fingerprint density at radius 1 is 1.09 bits per heavy atom. The summed E-state index contributed by atoms with van der Waals surface area (Å²) in [5.41, 5.74) is -0.572. The first-order chi connectivity index (χ1) is 4.89. The molecule has 0 heterocycles. The lowest BCUT2D eigenvalue weighted by Crippen LogP contribution is -2.05. The van der Waals surface area contributed by atoms with Crippen LogP contribution >= 0.6 is 0 Å². The molecular weight excluding hydrogens is 148 g/mol. The highest BCUT2D eigenvalue weighted by Gasteiger charge is 2.66. The minimum Gasteiger partial charge on any atom is -0.481 e. The first kappa shape index (κ1) is 8.04. The van der Waals surface area contributed by atoms with Crippen LogP contribution in [0.5, 0.6) is 0 Å². The third-order valence-electron chi connectivity index (χ3n) is 2.36. The number of hydrogen-bond acceptors (Lipinski definition) is 2. The maximum atomic E-state index is 10.4. The summed E-state index contributed by atoms with van der Waals surface area (Å²) in [7, 11) is 0. The molecule has 0 unspecified atom stereocenters. The van der Waals surface area contributed by atoms with Gasteiger partial charge in [0.1, 0.15) is 0 Å². The van der Waals surface area contributed by atoms with E-state index in [0.717, 1.165) is 0 Å². The van der Waals surface area contributed by atoms with Gasteiger partial charge in [-0.15, -0.1) is 0 Å². The van der Waals surface area contributed by atoms with E-state index in [1.807, 2.05) is 0 Å². The summed E-state index contributed by atoms with van der Waals surface area (Å²) in [6.45, 7) is 3.31. The van der Waals surface area contributed by atoms with E-state index >= 15 is 0 Å². The molecule has 0 radical (unpaired) electrons. The number of carboxylic acid groups (broad SMARTS) is 2. The summed E-state index contributed by atoms with van der Waals surface area (Å²) in [6, 6.07) is 0. The largest absolute Gasteiger partial charge is 0.481 e. The van der Waals surface area contributed by atoms with Crippen molar-refractivity contribution in [3.63, 3.8) is 0 Å². The van der Waals surface area contributed by atoms with E-state index in [-0.39, 0.29) is 0 Å². The molecule has 1 rings (SSSR count). The molecule has 4 nitrogen and oxygen atoms in total. The van der Waals surface area contributed by atoms with Gasteiger partial charge < -0.3 is 10.2 Å². The molecule has 0 aromatic carbocycles. The molecule has 62 valence electrons. The summed E-state index contributed by atoms with van der Waals surface area (Å²) in [4.78, 5) is 20.9. The maximum Gasteiger partial charge on any atom is 0.307 e. The van der Waals surface area contributed by atoms with Gasteiger partial charge in [0, 0.05) is 0 Å². The average molecular weight is 158 g/mol. The fraction of sp³-hybridized carbons (Fsp3) is 0.714. The van der Waals surface area contributed by atoms with Crippen LogP contribution in [0.25, 0.3) is 0 Å². The van der Waals surface area contributed by atoms with Crippen molar-refractivity contribution < 1.29 is 19.8 Å². The van der Waals surface area contributed by atoms with Gasteiger partial charge in [0.05, 0.1) is 11.8 Å². The van der Waals surface area contributed by atoms with Gasteiger partial charge in [0.25, 0.3) is 0 Å². The molecule has 1 aliphatic rings. The Morgan fingerprint density at radius 2 is 1.36 bits per heavy atom. The third-order valence-corrected chi connectivity index (χ3v) is 2.36. The highest BCUT2D eigenvalue weighted by Crippen LogP contribution is 2.58. The van der Waals surface area contributed by atoms with Crippen LogP contribution in [0, 0.1) is 17.3 Å². The van der Waals surface area contributed by atoms with Gasteiger partial charge in [-0.25, -0.2) is 0 Å². The Labute approximate surface area is 63.8 Å². The Bertz CT molecular complexity index is 196. The number of hydrogen-bond donors (Lipinski definition) is 2. The molecular formula is C7H10O4. The van der Waals surface area contributed by atoms with Crippen molar-refractivity contribution in [1.29, 1.82) is 0 Å². The fourth-order valence-corrected chi connectivity index (χ4v) is 1.56. The van der Waals surface area contributed by atoms with Crippen molar-refractivity contribution in [3.05, 3.63) is 0 Å². The SMILES string of the molecule is CC1(C)[C@H](C(=O)O)[C@@H]1C(=O)O. The van der Waals surface area contributed by atoms with Crippen LogP contribution in [0.2, 0.25) is 0 Å². The highest BCUT2D eigenvalue weighted by molar-refractivity contribution is 5.87. The molecule has 1 aliphatic carbocycles. The van der Waals surface area contributed by atoms with E-state index in [9.17, 15) is 9.59 Å². The summed E-state index contributed by atoms with van der Waals surface area (Å²) in [5, 5.41) is 17.1. The fourth-order valence-electron chi connectivity index (χ4n) is 1.56. The lowest BCUT2D eigenvalue weighted by Gasteiger charge is -1.95. The predicted octanol–water partition coefficient (Wildman–Crippen LogP) is 0.428. The van der Waals surface area contributed by atoms with Gasteiger partial charge in [-0.05, 0) is 5.41 Å². The Morgan fingerprint density at radius 3 is 1.45 bits per heavy atom. The number of carbonyl (C=O) groups is 2. The van der Waals surface area contributed by atoms with Crippen molar-refractivity contribution >= 4 is 11.9 Å². The van der Waals surface area contributed by atoms with Gasteiger partial charge in [-0.1, -0.05) is 13.8 Å². The van der Waals surface area contributed by atoms with E-state index < -0.39 is 29.2 Å². The molecule has 0 aromatic heterocycles. The monoisotopic (exact) mass is 158 g/mol. The average Bonchev–Trinajstić information content (AvgIpc) is 2.33. The number of rotatable bonds is 2. The molecule has 1 saturated carbocycles. The minimum absolute atomic E-state index is 0.572. The van der Waals surface area contributed by atoms with Gasteiger partial charge >= 0.3 is 11.9 Å². The van der Waals surface area contributed by atoms with Crippen LogP contribution in [0.4, 0.5) is 0 Å². The first-order valence-electron chi connectivity index (χ1n) is 3.34.